The average Bonchev–Trinajstić information content (AvgIpc) is 3.39. The number of nitrogens with one attached hydrogen (secondary N) is 1. The molecular weight excluding hydrogens is 482 g/mol. The number of carbonyl (C=O) groups excluding carboxylic acids is 1. The van der Waals surface area contributed by atoms with E-state index in [1.165, 1.54) is 17.5 Å². The Kier molecular flexibility index (Phi) is 5.26. The maximum Gasteiger partial charge on any atom is 0.256 e. The molecule has 164 valence electrons. The number of nitrogens with zero attached hydrogens (tertiary/aromatic N) is 6. The standard InChI is InChI=1S/C24H20BrN7O/c1-14-7-8-19(9-15(14)2)31-22-20(12-28-31)23(27-13-26-22)32-21(10-16(3)30-32)29-24(33)17-5-4-6-18(25)11-17/h4-13H,1-3H3,(H,29,33). The predicted octanol–water partition coefficient (Wildman–Crippen LogP) is 4.94. The van der Waals surface area contributed by atoms with Gasteiger partial charge in [-0.25, -0.2) is 14.6 Å². The fourth-order valence-electron chi connectivity index (χ4n) is 3.61. The van der Waals surface area contributed by atoms with E-state index in [1.54, 1.807) is 33.8 Å². The van der Waals surface area contributed by atoms with Crippen molar-refractivity contribution >= 4 is 38.7 Å². The Labute approximate surface area is 198 Å². The van der Waals surface area contributed by atoms with Crippen molar-refractivity contribution in [3.05, 3.63) is 87.9 Å². The van der Waals surface area contributed by atoms with E-state index in [4.69, 9.17) is 0 Å². The number of anilines is 1. The maximum atomic E-state index is 12.8. The molecule has 0 aliphatic carbocycles. The molecule has 0 fully saturated rings. The molecule has 0 atom stereocenters. The molecule has 3 heterocycles. The first-order valence-corrected chi connectivity index (χ1v) is 11.1. The number of fused-ring (bicyclic) bond motifs is 1. The number of hydrogen-bond acceptors (Lipinski definition) is 5. The molecule has 5 aromatic rings. The van der Waals surface area contributed by atoms with Crippen LogP contribution in [-0.4, -0.2) is 35.4 Å². The Morgan fingerprint density at radius 2 is 1.82 bits per heavy atom. The SMILES string of the molecule is Cc1cc(NC(=O)c2cccc(Br)c2)n(-c2ncnc3c2cnn3-c2ccc(C)c(C)c2)n1. The minimum absolute atomic E-state index is 0.242. The van der Waals surface area contributed by atoms with Crippen LogP contribution in [0.2, 0.25) is 0 Å². The van der Waals surface area contributed by atoms with Crippen LogP contribution in [0.1, 0.15) is 27.2 Å². The Balaban J connectivity index is 1.57. The van der Waals surface area contributed by atoms with Gasteiger partial charge in [-0.05, 0) is 62.2 Å². The molecule has 33 heavy (non-hydrogen) atoms. The van der Waals surface area contributed by atoms with Crippen molar-refractivity contribution < 1.29 is 4.79 Å². The zero-order valence-electron chi connectivity index (χ0n) is 18.2. The third-order valence-electron chi connectivity index (χ3n) is 5.44. The summed E-state index contributed by atoms with van der Waals surface area (Å²) in [5, 5.41) is 12.8. The van der Waals surface area contributed by atoms with Gasteiger partial charge in [0.25, 0.3) is 5.91 Å². The number of aromatic nitrogens is 6. The summed E-state index contributed by atoms with van der Waals surface area (Å²) in [4.78, 5) is 21.8. The molecule has 2 aromatic carbocycles. The van der Waals surface area contributed by atoms with Crippen LogP contribution < -0.4 is 5.32 Å². The molecule has 1 N–H and O–H groups in total. The lowest BCUT2D eigenvalue weighted by Crippen LogP contribution is -2.15. The Hall–Kier alpha value is -3.85. The number of hydrogen-bond donors (Lipinski definition) is 1. The smallest absolute Gasteiger partial charge is 0.256 e. The minimum atomic E-state index is -0.242. The zero-order chi connectivity index (χ0) is 23.1. The van der Waals surface area contributed by atoms with Crippen LogP contribution in [0.25, 0.3) is 22.5 Å². The predicted molar refractivity (Wildman–Crippen MR) is 130 cm³/mol. The highest BCUT2D eigenvalue weighted by molar-refractivity contribution is 9.10. The van der Waals surface area contributed by atoms with Gasteiger partial charge in [-0.2, -0.15) is 14.9 Å². The zero-order valence-corrected chi connectivity index (χ0v) is 19.8. The van der Waals surface area contributed by atoms with Crippen molar-refractivity contribution in [2.75, 3.05) is 5.32 Å². The third kappa shape index (κ3) is 3.91. The Morgan fingerprint density at radius 3 is 2.61 bits per heavy atom. The molecule has 0 radical (unpaired) electrons. The van der Waals surface area contributed by atoms with Gasteiger partial charge in [0, 0.05) is 16.1 Å². The van der Waals surface area contributed by atoms with Gasteiger partial charge < -0.3 is 5.32 Å². The first-order valence-electron chi connectivity index (χ1n) is 10.3. The second-order valence-corrected chi connectivity index (χ2v) is 8.72. The Morgan fingerprint density at radius 1 is 0.970 bits per heavy atom. The third-order valence-corrected chi connectivity index (χ3v) is 5.93. The van der Waals surface area contributed by atoms with Crippen LogP contribution in [-0.2, 0) is 0 Å². The summed E-state index contributed by atoms with van der Waals surface area (Å²) in [7, 11) is 0. The molecule has 8 nitrogen and oxygen atoms in total. The maximum absolute atomic E-state index is 12.8. The fraction of sp³-hybridized carbons (Fsp3) is 0.125. The number of aryl methyl sites for hydroxylation is 3. The van der Waals surface area contributed by atoms with Crippen LogP contribution in [0.3, 0.4) is 0 Å². The second-order valence-electron chi connectivity index (χ2n) is 7.81. The number of benzene rings is 2. The van der Waals surface area contributed by atoms with Crippen molar-refractivity contribution in [2.45, 2.75) is 20.8 Å². The summed E-state index contributed by atoms with van der Waals surface area (Å²) in [6.45, 7) is 6.00. The first kappa shape index (κ1) is 21.0. The van der Waals surface area contributed by atoms with E-state index < -0.39 is 0 Å². The van der Waals surface area contributed by atoms with Crippen LogP contribution >= 0.6 is 15.9 Å². The van der Waals surface area contributed by atoms with E-state index in [1.807, 2.05) is 25.1 Å². The molecule has 0 bridgehead atoms. The quantitative estimate of drug-likeness (QED) is 0.376. The summed E-state index contributed by atoms with van der Waals surface area (Å²) in [5.41, 5.74) is 5.23. The normalized spacial score (nSPS) is 11.2. The Bertz CT molecular complexity index is 1520. The summed E-state index contributed by atoms with van der Waals surface area (Å²) >= 11 is 3.40. The largest absolute Gasteiger partial charge is 0.306 e. The van der Waals surface area contributed by atoms with Gasteiger partial charge in [0.15, 0.2) is 11.5 Å². The summed E-state index contributed by atoms with van der Waals surface area (Å²) in [5.74, 6) is 0.803. The summed E-state index contributed by atoms with van der Waals surface area (Å²) < 4.78 is 4.22. The molecule has 0 unspecified atom stereocenters. The van der Waals surface area contributed by atoms with E-state index in [0.29, 0.717) is 22.8 Å². The molecule has 0 spiro atoms. The van der Waals surface area contributed by atoms with E-state index in [9.17, 15) is 4.79 Å². The molecule has 0 aliphatic heterocycles. The number of carbonyl (C=O) groups is 1. The van der Waals surface area contributed by atoms with Gasteiger partial charge in [-0.15, -0.1) is 0 Å². The van der Waals surface area contributed by atoms with Gasteiger partial charge in [0.2, 0.25) is 0 Å². The minimum Gasteiger partial charge on any atom is -0.306 e. The van der Waals surface area contributed by atoms with Gasteiger partial charge in [0.05, 0.1) is 23.0 Å². The molecule has 5 rings (SSSR count). The first-order chi connectivity index (χ1) is 15.9. The molecule has 1 amide bonds. The van der Waals surface area contributed by atoms with Crippen LogP contribution in [0, 0.1) is 20.8 Å². The van der Waals surface area contributed by atoms with E-state index in [0.717, 1.165) is 21.2 Å². The van der Waals surface area contributed by atoms with Crippen LogP contribution in [0.4, 0.5) is 5.82 Å². The van der Waals surface area contributed by atoms with E-state index in [-0.39, 0.29) is 5.91 Å². The number of halogens is 1. The molecule has 0 saturated heterocycles. The van der Waals surface area contributed by atoms with Crippen molar-refractivity contribution in [3.63, 3.8) is 0 Å². The highest BCUT2D eigenvalue weighted by Crippen LogP contribution is 2.25. The van der Waals surface area contributed by atoms with Gasteiger partial charge in [-0.3, -0.25) is 4.79 Å². The molecule has 0 saturated carbocycles. The van der Waals surface area contributed by atoms with E-state index >= 15 is 0 Å². The van der Waals surface area contributed by atoms with Gasteiger partial charge >= 0.3 is 0 Å². The summed E-state index contributed by atoms with van der Waals surface area (Å²) in [6.07, 6.45) is 3.20. The lowest BCUT2D eigenvalue weighted by molar-refractivity contribution is 0.102. The molecule has 3 aromatic heterocycles. The van der Waals surface area contributed by atoms with E-state index in [2.05, 4.69) is 67.4 Å². The van der Waals surface area contributed by atoms with Gasteiger partial charge in [0.1, 0.15) is 12.1 Å². The van der Waals surface area contributed by atoms with Gasteiger partial charge in [-0.1, -0.05) is 28.1 Å². The molecular formula is C24H20BrN7O. The monoisotopic (exact) mass is 501 g/mol. The van der Waals surface area contributed by atoms with Crippen molar-refractivity contribution in [1.29, 1.82) is 0 Å². The molecule has 9 heteroatoms. The van der Waals surface area contributed by atoms with Crippen molar-refractivity contribution in [1.82, 2.24) is 29.5 Å². The molecule has 0 aliphatic rings. The lowest BCUT2D eigenvalue weighted by Gasteiger charge is -2.10. The highest BCUT2D eigenvalue weighted by Gasteiger charge is 2.18. The number of amides is 1. The number of rotatable bonds is 4. The average molecular weight is 502 g/mol. The van der Waals surface area contributed by atoms with Crippen LogP contribution in [0.5, 0.6) is 0 Å². The second kappa shape index (κ2) is 8.25. The summed E-state index contributed by atoms with van der Waals surface area (Å²) in [6, 6.07) is 15.2. The topological polar surface area (TPSA) is 90.5 Å². The van der Waals surface area contributed by atoms with Crippen LogP contribution in [0.15, 0.2) is 65.5 Å². The van der Waals surface area contributed by atoms with Crippen molar-refractivity contribution in [3.8, 4) is 11.5 Å². The van der Waals surface area contributed by atoms with Crippen molar-refractivity contribution in [2.24, 2.45) is 0 Å². The highest BCUT2D eigenvalue weighted by atomic mass is 79.9. The fourth-order valence-corrected chi connectivity index (χ4v) is 4.01. The lowest BCUT2D eigenvalue weighted by atomic mass is 10.1.